The standard InChI is InChI=1S/C15H20O3/c1-2-11-6-8-12(9-7-11)14(15(16)17)13-5-3-4-10-18-13/h6-9,13-14H,2-5,10H2,1H3,(H,16,17). The summed E-state index contributed by atoms with van der Waals surface area (Å²) >= 11 is 0. The summed E-state index contributed by atoms with van der Waals surface area (Å²) in [5, 5.41) is 9.43. The number of aliphatic carboxylic acids is 1. The zero-order valence-electron chi connectivity index (χ0n) is 10.8. The Labute approximate surface area is 108 Å². The van der Waals surface area contributed by atoms with Crippen LogP contribution < -0.4 is 0 Å². The molecule has 1 aromatic rings. The first-order valence-electron chi connectivity index (χ1n) is 6.65. The number of ether oxygens (including phenoxy) is 1. The second kappa shape index (κ2) is 6.01. The van der Waals surface area contributed by atoms with Crippen LogP contribution in [0.2, 0.25) is 0 Å². The molecule has 1 N–H and O–H groups in total. The summed E-state index contributed by atoms with van der Waals surface area (Å²) in [6.45, 7) is 2.77. The predicted octanol–water partition coefficient (Wildman–Crippen LogP) is 2.99. The Hall–Kier alpha value is -1.35. The molecule has 2 unspecified atom stereocenters. The van der Waals surface area contributed by atoms with Gasteiger partial charge in [0.15, 0.2) is 0 Å². The number of hydrogen-bond acceptors (Lipinski definition) is 2. The van der Waals surface area contributed by atoms with Crippen molar-refractivity contribution in [2.24, 2.45) is 0 Å². The quantitative estimate of drug-likeness (QED) is 0.891. The van der Waals surface area contributed by atoms with Gasteiger partial charge in [-0.05, 0) is 36.8 Å². The maximum Gasteiger partial charge on any atom is 0.313 e. The third kappa shape index (κ3) is 2.91. The Morgan fingerprint density at radius 3 is 2.61 bits per heavy atom. The van der Waals surface area contributed by atoms with E-state index in [1.54, 1.807) is 0 Å². The molecule has 18 heavy (non-hydrogen) atoms. The lowest BCUT2D eigenvalue weighted by atomic mass is 9.88. The van der Waals surface area contributed by atoms with E-state index in [0.29, 0.717) is 6.61 Å². The second-order valence-electron chi connectivity index (χ2n) is 4.82. The molecule has 0 radical (unpaired) electrons. The van der Waals surface area contributed by atoms with Gasteiger partial charge in [-0.2, -0.15) is 0 Å². The van der Waals surface area contributed by atoms with Crippen molar-refractivity contribution in [2.75, 3.05) is 6.61 Å². The summed E-state index contributed by atoms with van der Waals surface area (Å²) < 4.78 is 5.63. The smallest absolute Gasteiger partial charge is 0.313 e. The molecule has 0 saturated carbocycles. The van der Waals surface area contributed by atoms with Crippen molar-refractivity contribution < 1.29 is 14.6 Å². The van der Waals surface area contributed by atoms with Crippen LogP contribution >= 0.6 is 0 Å². The van der Waals surface area contributed by atoms with Gasteiger partial charge in [0.05, 0.1) is 6.10 Å². The summed E-state index contributed by atoms with van der Waals surface area (Å²) in [5.74, 6) is -1.32. The highest BCUT2D eigenvalue weighted by molar-refractivity contribution is 5.77. The van der Waals surface area contributed by atoms with Gasteiger partial charge in [0.1, 0.15) is 5.92 Å². The van der Waals surface area contributed by atoms with Gasteiger partial charge in [-0.1, -0.05) is 31.2 Å². The maximum absolute atomic E-state index is 11.5. The van der Waals surface area contributed by atoms with E-state index in [9.17, 15) is 9.90 Å². The monoisotopic (exact) mass is 248 g/mol. The van der Waals surface area contributed by atoms with Crippen molar-refractivity contribution in [2.45, 2.75) is 44.6 Å². The van der Waals surface area contributed by atoms with E-state index in [-0.39, 0.29) is 6.10 Å². The van der Waals surface area contributed by atoms with Crippen molar-refractivity contribution in [3.05, 3.63) is 35.4 Å². The Kier molecular flexibility index (Phi) is 4.37. The lowest BCUT2D eigenvalue weighted by Crippen LogP contribution is -2.31. The third-order valence-corrected chi connectivity index (χ3v) is 3.60. The van der Waals surface area contributed by atoms with Gasteiger partial charge in [-0.3, -0.25) is 4.79 Å². The highest BCUT2D eigenvalue weighted by Gasteiger charge is 2.31. The first kappa shape index (κ1) is 13.1. The lowest BCUT2D eigenvalue weighted by Gasteiger charge is -2.28. The number of aryl methyl sites for hydroxylation is 1. The van der Waals surface area contributed by atoms with Crippen molar-refractivity contribution in [3.63, 3.8) is 0 Å². The summed E-state index contributed by atoms with van der Waals surface area (Å²) in [6, 6.07) is 7.87. The average Bonchev–Trinajstić information content (AvgIpc) is 2.40. The van der Waals surface area contributed by atoms with Gasteiger partial charge in [0.2, 0.25) is 0 Å². The largest absolute Gasteiger partial charge is 0.481 e. The van der Waals surface area contributed by atoms with Gasteiger partial charge in [-0.15, -0.1) is 0 Å². The number of benzene rings is 1. The topological polar surface area (TPSA) is 46.5 Å². The van der Waals surface area contributed by atoms with E-state index in [0.717, 1.165) is 31.2 Å². The maximum atomic E-state index is 11.5. The van der Waals surface area contributed by atoms with Crippen molar-refractivity contribution in [1.29, 1.82) is 0 Å². The fourth-order valence-corrected chi connectivity index (χ4v) is 2.51. The summed E-state index contributed by atoms with van der Waals surface area (Å²) in [4.78, 5) is 11.5. The Bertz CT molecular complexity index is 391. The van der Waals surface area contributed by atoms with Crippen LogP contribution in [0.5, 0.6) is 0 Å². The Morgan fingerprint density at radius 2 is 2.11 bits per heavy atom. The zero-order valence-corrected chi connectivity index (χ0v) is 10.8. The average molecular weight is 248 g/mol. The van der Waals surface area contributed by atoms with E-state index >= 15 is 0 Å². The van der Waals surface area contributed by atoms with Crippen molar-refractivity contribution in [3.8, 4) is 0 Å². The molecule has 1 aromatic carbocycles. The SMILES string of the molecule is CCc1ccc(C(C(=O)O)C2CCCCO2)cc1. The molecule has 0 aromatic heterocycles. The molecule has 2 atom stereocenters. The van der Waals surface area contributed by atoms with Gasteiger partial charge in [-0.25, -0.2) is 0 Å². The number of carboxylic acids is 1. The van der Waals surface area contributed by atoms with Crippen LogP contribution in [0.25, 0.3) is 0 Å². The summed E-state index contributed by atoms with van der Waals surface area (Å²) in [7, 11) is 0. The van der Waals surface area contributed by atoms with E-state index in [2.05, 4.69) is 6.92 Å². The molecule has 3 heteroatoms. The molecule has 1 aliphatic heterocycles. The van der Waals surface area contributed by atoms with Crippen LogP contribution in [0.15, 0.2) is 24.3 Å². The van der Waals surface area contributed by atoms with Crippen LogP contribution in [0.4, 0.5) is 0 Å². The summed E-state index contributed by atoms with van der Waals surface area (Å²) in [6.07, 6.45) is 3.73. The molecule has 2 rings (SSSR count). The molecule has 0 spiro atoms. The van der Waals surface area contributed by atoms with Crippen molar-refractivity contribution in [1.82, 2.24) is 0 Å². The fourth-order valence-electron chi connectivity index (χ4n) is 2.51. The molecule has 1 aliphatic rings. The number of rotatable bonds is 4. The Morgan fingerprint density at radius 1 is 1.39 bits per heavy atom. The van der Waals surface area contributed by atoms with Gasteiger partial charge in [0.25, 0.3) is 0 Å². The summed E-state index contributed by atoms with van der Waals surface area (Å²) in [5.41, 5.74) is 2.08. The minimum atomic E-state index is -0.786. The fraction of sp³-hybridized carbons (Fsp3) is 0.533. The molecule has 1 saturated heterocycles. The van der Waals surface area contributed by atoms with E-state index in [1.165, 1.54) is 5.56 Å². The highest BCUT2D eigenvalue weighted by atomic mass is 16.5. The van der Waals surface area contributed by atoms with Crippen LogP contribution in [-0.4, -0.2) is 23.8 Å². The number of hydrogen-bond donors (Lipinski definition) is 1. The van der Waals surface area contributed by atoms with Crippen LogP contribution in [0.1, 0.15) is 43.2 Å². The molecule has 98 valence electrons. The second-order valence-corrected chi connectivity index (χ2v) is 4.82. The molecular formula is C15H20O3. The molecule has 0 bridgehead atoms. The minimum absolute atomic E-state index is 0.177. The van der Waals surface area contributed by atoms with Crippen LogP contribution in [0.3, 0.4) is 0 Å². The van der Waals surface area contributed by atoms with E-state index in [1.807, 2.05) is 24.3 Å². The lowest BCUT2D eigenvalue weighted by molar-refractivity contribution is -0.144. The number of carboxylic acid groups (broad SMARTS) is 1. The third-order valence-electron chi connectivity index (χ3n) is 3.60. The molecular weight excluding hydrogens is 228 g/mol. The first-order chi connectivity index (χ1) is 8.72. The van der Waals surface area contributed by atoms with Crippen molar-refractivity contribution >= 4 is 5.97 Å². The molecule has 1 heterocycles. The van der Waals surface area contributed by atoms with E-state index in [4.69, 9.17) is 4.74 Å². The Balaban J connectivity index is 2.20. The molecule has 3 nitrogen and oxygen atoms in total. The van der Waals surface area contributed by atoms with Gasteiger partial charge in [0, 0.05) is 6.61 Å². The highest BCUT2D eigenvalue weighted by Crippen LogP contribution is 2.29. The number of carbonyl (C=O) groups is 1. The minimum Gasteiger partial charge on any atom is -0.481 e. The van der Waals surface area contributed by atoms with E-state index < -0.39 is 11.9 Å². The van der Waals surface area contributed by atoms with Gasteiger partial charge < -0.3 is 9.84 Å². The van der Waals surface area contributed by atoms with Crippen LogP contribution in [-0.2, 0) is 16.0 Å². The van der Waals surface area contributed by atoms with Crippen LogP contribution in [0, 0.1) is 0 Å². The van der Waals surface area contributed by atoms with Gasteiger partial charge >= 0.3 is 5.97 Å². The predicted molar refractivity (Wildman–Crippen MR) is 69.8 cm³/mol. The first-order valence-corrected chi connectivity index (χ1v) is 6.65. The molecule has 0 amide bonds. The molecule has 1 fully saturated rings. The zero-order chi connectivity index (χ0) is 13.0. The normalized spacial score (nSPS) is 21.5. The molecule has 0 aliphatic carbocycles.